The monoisotopic (exact) mass is 347 g/mol. The van der Waals surface area contributed by atoms with E-state index in [1.54, 1.807) is 7.11 Å². The fraction of sp³-hybridized carbons (Fsp3) is 0.579. The van der Waals surface area contributed by atoms with Gasteiger partial charge in [-0.1, -0.05) is 17.7 Å². The van der Waals surface area contributed by atoms with Gasteiger partial charge in [0.15, 0.2) is 0 Å². The SMILES string of the molecule is COCC(C)NC(=O)CN1CCCN(C(=O)c2cccc(C)c2)CC1. The Morgan fingerprint density at radius 3 is 2.76 bits per heavy atom. The van der Waals surface area contributed by atoms with E-state index in [2.05, 4.69) is 10.2 Å². The van der Waals surface area contributed by atoms with Crippen LogP contribution in [0.2, 0.25) is 0 Å². The van der Waals surface area contributed by atoms with Gasteiger partial charge in [-0.25, -0.2) is 0 Å². The summed E-state index contributed by atoms with van der Waals surface area (Å²) in [4.78, 5) is 28.8. The molecule has 1 aromatic rings. The Morgan fingerprint density at radius 2 is 2.04 bits per heavy atom. The van der Waals surface area contributed by atoms with E-state index in [1.165, 1.54) is 0 Å². The van der Waals surface area contributed by atoms with Gasteiger partial charge in [0, 0.05) is 44.9 Å². The van der Waals surface area contributed by atoms with Crippen molar-refractivity contribution in [1.82, 2.24) is 15.1 Å². The number of hydrogen-bond donors (Lipinski definition) is 1. The number of methoxy groups -OCH3 is 1. The van der Waals surface area contributed by atoms with Crippen molar-refractivity contribution in [2.24, 2.45) is 0 Å². The van der Waals surface area contributed by atoms with Crippen LogP contribution in [0.25, 0.3) is 0 Å². The second-order valence-corrected chi connectivity index (χ2v) is 6.72. The van der Waals surface area contributed by atoms with E-state index in [0.29, 0.717) is 26.2 Å². The topological polar surface area (TPSA) is 61.9 Å². The van der Waals surface area contributed by atoms with Gasteiger partial charge in [-0.3, -0.25) is 14.5 Å². The Morgan fingerprint density at radius 1 is 1.24 bits per heavy atom. The summed E-state index contributed by atoms with van der Waals surface area (Å²) in [5.41, 5.74) is 1.82. The number of carbonyl (C=O) groups is 2. The minimum atomic E-state index is 0.00279. The molecule has 0 saturated carbocycles. The number of nitrogens with zero attached hydrogens (tertiary/aromatic N) is 2. The number of hydrogen-bond acceptors (Lipinski definition) is 4. The maximum atomic E-state index is 12.7. The molecule has 6 nitrogen and oxygen atoms in total. The van der Waals surface area contributed by atoms with Gasteiger partial charge in [0.1, 0.15) is 0 Å². The second-order valence-electron chi connectivity index (χ2n) is 6.72. The first-order valence-corrected chi connectivity index (χ1v) is 8.86. The highest BCUT2D eigenvalue weighted by Gasteiger charge is 2.21. The van der Waals surface area contributed by atoms with Crippen LogP contribution in [-0.4, -0.2) is 74.1 Å². The Bertz CT molecular complexity index is 591. The summed E-state index contributed by atoms with van der Waals surface area (Å²) < 4.78 is 5.03. The van der Waals surface area contributed by atoms with Crippen molar-refractivity contribution in [1.29, 1.82) is 0 Å². The van der Waals surface area contributed by atoms with Gasteiger partial charge in [0.25, 0.3) is 5.91 Å². The van der Waals surface area contributed by atoms with Crippen LogP contribution in [0.1, 0.15) is 29.3 Å². The van der Waals surface area contributed by atoms with Gasteiger partial charge in [0.2, 0.25) is 5.91 Å². The minimum absolute atomic E-state index is 0.00279. The van der Waals surface area contributed by atoms with E-state index in [-0.39, 0.29) is 17.9 Å². The number of rotatable bonds is 6. The minimum Gasteiger partial charge on any atom is -0.383 e. The zero-order valence-electron chi connectivity index (χ0n) is 15.5. The zero-order valence-corrected chi connectivity index (χ0v) is 15.5. The molecule has 1 atom stereocenters. The number of ether oxygens (including phenoxy) is 1. The van der Waals surface area contributed by atoms with Gasteiger partial charge in [-0.2, -0.15) is 0 Å². The number of amides is 2. The highest BCUT2D eigenvalue weighted by Crippen LogP contribution is 2.11. The van der Waals surface area contributed by atoms with Gasteiger partial charge in [0.05, 0.1) is 13.2 Å². The molecule has 6 heteroatoms. The van der Waals surface area contributed by atoms with E-state index in [9.17, 15) is 9.59 Å². The molecular formula is C19H29N3O3. The van der Waals surface area contributed by atoms with Crippen molar-refractivity contribution < 1.29 is 14.3 Å². The predicted molar refractivity (Wildman–Crippen MR) is 97.6 cm³/mol. The van der Waals surface area contributed by atoms with Gasteiger partial charge in [-0.15, -0.1) is 0 Å². The first-order valence-electron chi connectivity index (χ1n) is 8.86. The molecule has 0 aliphatic carbocycles. The van der Waals surface area contributed by atoms with Crippen LogP contribution in [0.5, 0.6) is 0 Å². The van der Waals surface area contributed by atoms with E-state index in [4.69, 9.17) is 4.74 Å². The first-order chi connectivity index (χ1) is 12.0. The molecule has 1 aromatic carbocycles. The molecule has 1 aliphatic heterocycles. The molecule has 25 heavy (non-hydrogen) atoms. The van der Waals surface area contributed by atoms with Crippen LogP contribution in [-0.2, 0) is 9.53 Å². The standard InChI is InChI=1S/C19H29N3O3/c1-15-6-4-7-17(12-15)19(24)22-9-5-8-21(10-11-22)13-18(23)20-16(2)14-25-3/h4,6-7,12,16H,5,8-11,13-14H2,1-3H3,(H,20,23). The summed E-state index contributed by atoms with van der Waals surface area (Å²) in [5.74, 6) is 0.0757. The Balaban J connectivity index is 1.85. The third kappa shape index (κ3) is 6.14. The predicted octanol–water partition coefficient (Wildman–Crippen LogP) is 1.29. The van der Waals surface area contributed by atoms with Crippen LogP contribution >= 0.6 is 0 Å². The molecule has 1 fully saturated rings. The lowest BCUT2D eigenvalue weighted by Gasteiger charge is -2.22. The number of nitrogens with one attached hydrogen (secondary N) is 1. The van der Waals surface area contributed by atoms with Crippen molar-refractivity contribution >= 4 is 11.8 Å². The van der Waals surface area contributed by atoms with Crippen LogP contribution in [0.3, 0.4) is 0 Å². The normalized spacial score (nSPS) is 17.0. The van der Waals surface area contributed by atoms with Crippen LogP contribution in [0.4, 0.5) is 0 Å². The molecule has 0 spiro atoms. The largest absolute Gasteiger partial charge is 0.383 e. The van der Waals surface area contributed by atoms with E-state index in [0.717, 1.165) is 30.6 Å². The van der Waals surface area contributed by atoms with Crippen LogP contribution < -0.4 is 5.32 Å². The lowest BCUT2D eigenvalue weighted by Crippen LogP contribution is -2.43. The quantitative estimate of drug-likeness (QED) is 0.842. The smallest absolute Gasteiger partial charge is 0.253 e. The lowest BCUT2D eigenvalue weighted by atomic mass is 10.1. The summed E-state index contributed by atoms with van der Waals surface area (Å²) in [5, 5.41) is 2.93. The molecule has 1 aliphatic rings. The Hall–Kier alpha value is -1.92. The van der Waals surface area contributed by atoms with Crippen molar-refractivity contribution in [2.75, 3.05) is 46.4 Å². The Labute approximate surface area is 150 Å². The molecule has 1 N–H and O–H groups in total. The molecule has 1 saturated heterocycles. The third-order valence-electron chi connectivity index (χ3n) is 4.33. The average molecular weight is 347 g/mol. The zero-order chi connectivity index (χ0) is 18.2. The maximum absolute atomic E-state index is 12.7. The van der Waals surface area contributed by atoms with E-state index >= 15 is 0 Å². The molecule has 1 heterocycles. The first kappa shape index (κ1) is 19.4. The maximum Gasteiger partial charge on any atom is 0.253 e. The number of carbonyl (C=O) groups excluding carboxylic acids is 2. The summed E-state index contributed by atoms with van der Waals surface area (Å²) in [6, 6.07) is 7.70. The number of benzene rings is 1. The molecular weight excluding hydrogens is 318 g/mol. The Kier molecular flexibility index (Phi) is 7.40. The van der Waals surface area contributed by atoms with Crippen LogP contribution in [0, 0.1) is 6.92 Å². The van der Waals surface area contributed by atoms with Gasteiger partial charge >= 0.3 is 0 Å². The summed E-state index contributed by atoms with van der Waals surface area (Å²) in [7, 11) is 1.62. The van der Waals surface area contributed by atoms with E-state index in [1.807, 2.05) is 43.0 Å². The highest BCUT2D eigenvalue weighted by molar-refractivity contribution is 5.94. The van der Waals surface area contributed by atoms with Gasteiger partial charge in [-0.05, 0) is 32.4 Å². The molecule has 138 valence electrons. The second kappa shape index (κ2) is 9.53. The van der Waals surface area contributed by atoms with Crippen molar-refractivity contribution in [3.05, 3.63) is 35.4 Å². The summed E-state index contributed by atoms with van der Waals surface area (Å²) >= 11 is 0. The van der Waals surface area contributed by atoms with Crippen molar-refractivity contribution in [3.63, 3.8) is 0 Å². The average Bonchev–Trinajstić information content (AvgIpc) is 2.79. The highest BCUT2D eigenvalue weighted by atomic mass is 16.5. The van der Waals surface area contributed by atoms with Gasteiger partial charge < -0.3 is 15.0 Å². The molecule has 0 bridgehead atoms. The molecule has 2 rings (SSSR count). The summed E-state index contributed by atoms with van der Waals surface area (Å²) in [6.45, 7) is 7.69. The lowest BCUT2D eigenvalue weighted by molar-refractivity contribution is -0.123. The van der Waals surface area contributed by atoms with Crippen molar-refractivity contribution in [3.8, 4) is 0 Å². The van der Waals surface area contributed by atoms with Crippen molar-refractivity contribution in [2.45, 2.75) is 26.3 Å². The fourth-order valence-corrected chi connectivity index (χ4v) is 3.11. The molecule has 0 aromatic heterocycles. The number of aryl methyl sites for hydroxylation is 1. The molecule has 0 radical (unpaired) electrons. The van der Waals surface area contributed by atoms with Crippen LogP contribution in [0.15, 0.2) is 24.3 Å². The fourth-order valence-electron chi connectivity index (χ4n) is 3.11. The summed E-state index contributed by atoms with van der Waals surface area (Å²) in [6.07, 6.45) is 0.873. The third-order valence-corrected chi connectivity index (χ3v) is 4.33. The van der Waals surface area contributed by atoms with E-state index < -0.39 is 0 Å². The molecule has 2 amide bonds. The molecule has 1 unspecified atom stereocenters.